The van der Waals surface area contributed by atoms with E-state index in [1.54, 1.807) is 0 Å². The Kier molecular flexibility index (Phi) is 5.64. The number of fused-ring (bicyclic) bond motifs is 7. The summed E-state index contributed by atoms with van der Waals surface area (Å²) in [4.78, 5) is 0. The minimum atomic E-state index is 0.911. The molecule has 0 bridgehead atoms. The van der Waals surface area contributed by atoms with Gasteiger partial charge in [-0.1, -0.05) is 140 Å². The molecule has 47 heavy (non-hydrogen) atoms. The van der Waals surface area contributed by atoms with Gasteiger partial charge in [0.05, 0.1) is 0 Å². The Morgan fingerprint density at radius 1 is 0.255 bits per heavy atom. The van der Waals surface area contributed by atoms with E-state index < -0.39 is 0 Å². The van der Waals surface area contributed by atoms with Crippen LogP contribution in [0.5, 0.6) is 0 Å². The highest BCUT2D eigenvalue weighted by Gasteiger charge is 2.18. The van der Waals surface area contributed by atoms with Gasteiger partial charge < -0.3 is 4.42 Å². The molecule has 1 aromatic heterocycles. The van der Waals surface area contributed by atoms with Gasteiger partial charge in [-0.3, -0.25) is 0 Å². The van der Waals surface area contributed by atoms with Crippen molar-refractivity contribution in [1.82, 2.24) is 0 Å². The van der Waals surface area contributed by atoms with Crippen molar-refractivity contribution < 1.29 is 4.42 Å². The van der Waals surface area contributed by atoms with E-state index in [4.69, 9.17) is 4.42 Å². The maximum Gasteiger partial charge on any atom is 0.136 e. The summed E-state index contributed by atoms with van der Waals surface area (Å²) >= 11 is 0. The van der Waals surface area contributed by atoms with E-state index in [0.717, 1.165) is 27.5 Å². The molecule has 0 atom stereocenters. The van der Waals surface area contributed by atoms with Crippen molar-refractivity contribution in [3.63, 3.8) is 0 Å². The fourth-order valence-corrected chi connectivity index (χ4v) is 7.57. The van der Waals surface area contributed by atoms with E-state index in [9.17, 15) is 0 Å². The van der Waals surface area contributed by atoms with Crippen molar-refractivity contribution in [1.29, 1.82) is 0 Å². The highest BCUT2D eigenvalue weighted by Crippen LogP contribution is 2.45. The lowest BCUT2D eigenvalue weighted by Crippen LogP contribution is -1.91. The van der Waals surface area contributed by atoms with Crippen LogP contribution in [0.2, 0.25) is 0 Å². The highest BCUT2D eigenvalue weighted by molar-refractivity contribution is 6.22. The lowest BCUT2D eigenvalue weighted by molar-refractivity contribution is 0.669. The number of furan rings is 1. The topological polar surface area (TPSA) is 13.1 Å². The molecule has 0 unspecified atom stereocenters. The van der Waals surface area contributed by atoms with Crippen molar-refractivity contribution in [2.75, 3.05) is 0 Å². The Morgan fingerprint density at radius 2 is 0.723 bits per heavy atom. The summed E-state index contributed by atoms with van der Waals surface area (Å²) in [5.74, 6) is 0. The molecule has 0 fully saturated rings. The van der Waals surface area contributed by atoms with E-state index in [2.05, 4.69) is 170 Å². The summed E-state index contributed by atoms with van der Waals surface area (Å²) in [5.41, 5.74) is 9.16. The van der Waals surface area contributed by atoms with Gasteiger partial charge >= 0.3 is 0 Å². The molecule has 1 heteroatoms. The molecule has 0 aliphatic carbocycles. The van der Waals surface area contributed by atoms with Crippen molar-refractivity contribution >= 4 is 65.0 Å². The van der Waals surface area contributed by atoms with Gasteiger partial charge in [0.1, 0.15) is 11.2 Å². The molecule has 0 amide bonds. The van der Waals surface area contributed by atoms with Crippen LogP contribution in [0, 0.1) is 0 Å². The average Bonchev–Trinajstić information content (AvgIpc) is 3.49. The average molecular weight is 597 g/mol. The molecule has 0 N–H and O–H groups in total. The fraction of sp³-hybridized carbons (Fsp3) is 0. The lowest BCUT2D eigenvalue weighted by atomic mass is 9.85. The first-order valence-corrected chi connectivity index (χ1v) is 16.2. The molecular formula is C46H28O. The third kappa shape index (κ3) is 4.10. The normalized spacial score (nSPS) is 11.8. The third-order valence-corrected chi connectivity index (χ3v) is 9.82. The summed E-state index contributed by atoms with van der Waals surface area (Å²) in [6.45, 7) is 0. The summed E-state index contributed by atoms with van der Waals surface area (Å²) in [5, 5.41) is 12.2. The second kappa shape index (κ2) is 10.2. The molecule has 9 aromatic carbocycles. The molecule has 0 radical (unpaired) electrons. The number of rotatable bonds is 3. The van der Waals surface area contributed by atoms with Gasteiger partial charge in [0, 0.05) is 10.8 Å². The molecule has 1 heterocycles. The van der Waals surface area contributed by atoms with E-state index in [0.29, 0.717) is 0 Å². The van der Waals surface area contributed by atoms with Crippen LogP contribution in [0.4, 0.5) is 0 Å². The first kappa shape index (κ1) is 26.1. The minimum Gasteiger partial charge on any atom is -0.456 e. The van der Waals surface area contributed by atoms with Crippen LogP contribution < -0.4 is 0 Å². The lowest BCUT2D eigenvalue weighted by Gasteiger charge is -2.18. The summed E-state index contributed by atoms with van der Waals surface area (Å²) in [7, 11) is 0. The maximum atomic E-state index is 6.51. The first-order chi connectivity index (χ1) is 23.3. The standard InChI is InChI=1S/C46H28O/c1-2-10-32-25-35(22-19-29(32)9-1)30-17-20-31(21-18-30)45-38-13-5-7-15-40(38)46(41-16-8-6-14-39(41)45)36-23-24-37-42-26-33-11-3-4-12-34(33)27-44(42)47-43(37)28-36/h1-28H. The molecule has 0 saturated heterocycles. The third-order valence-electron chi connectivity index (χ3n) is 9.82. The van der Waals surface area contributed by atoms with Crippen LogP contribution >= 0.6 is 0 Å². The van der Waals surface area contributed by atoms with Crippen LogP contribution in [0.25, 0.3) is 98.4 Å². The van der Waals surface area contributed by atoms with Gasteiger partial charge in [-0.15, -0.1) is 0 Å². The van der Waals surface area contributed by atoms with E-state index in [1.165, 1.54) is 70.9 Å². The van der Waals surface area contributed by atoms with E-state index >= 15 is 0 Å². The molecule has 0 aliphatic rings. The molecule has 10 aromatic rings. The van der Waals surface area contributed by atoms with Crippen LogP contribution in [0.15, 0.2) is 174 Å². The van der Waals surface area contributed by atoms with Gasteiger partial charge in [-0.05, 0) is 107 Å². The Hall–Kier alpha value is -6.18. The zero-order chi connectivity index (χ0) is 30.9. The molecule has 0 aliphatic heterocycles. The largest absolute Gasteiger partial charge is 0.456 e. The molecule has 10 rings (SSSR count). The van der Waals surface area contributed by atoms with Crippen molar-refractivity contribution in [3.05, 3.63) is 170 Å². The van der Waals surface area contributed by atoms with Crippen LogP contribution in [0.1, 0.15) is 0 Å². The van der Waals surface area contributed by atoms with Crippen molar-refractivity contribution in [2.45, 2.75) is 0 Å². The summed E-state index contributed by atoms with van der Waals surface area (Å²) in [6.07, 6.45) is 0. The van der Waals surface area contributed by atoms with Crippen LogP contribution in [-0.4, -0.2) is 0 Å². The number of hydrogen-bond acceptors (Lipinski definition) is 1. The Balaban J connectivity index is 1.15. The van der Waals surface area contributed by atoms with Crippen LogP contribution in [-0.2, 0) is 0 Å². The Labute approximate surface area is 271 Å². The zero-order valence-electron chi connectivity index (χ0n) is 25.6. The SMILES string of the molecule is c1ccc2cc(-c3ccc(-c4c5ccccc5c(-c5ccc6c(c5)oc5cc7ccccc7cc56)c5ccccc45)cc3)ccc2c1. The van der Waals surface area contributed by atoms with Gasteiger partial charge in [-0.2, -0.15) is 0 Å². The Bertz CT molecular complexity index is 2780. The second-order valence-electron chi connectivity index (χ2n) is 12.5. The molecular weight excluding hydrogens is 569 g/mol. The van der Waals surface area contributed by atoms with Gasteiger partial charge in [0.25, 0.3) is 0 Å². The number of hydrogen-bond donors (Lipinski definition) is 0. The zero-order valence-corrected chi connectivity index (χ0v) is 25.6. The first-order valence-electron chi connectivity index (χ1n) is 16.2. The maximum absolute atomic E-state index is 6.51. The quantitative estimate of drug-likeness (QED) is 0.185. The van der Waals surface area contributed by atoms with E-state index in [-0.39, 0.29) is 0 Å². The van der Waals surface area contributed by atoms with Crippen molar-refractivity contribution in [2.24, 2.45) is 0 Å². The van der Waals surface area contributed by atoms with E-state index in [1.807, 2.05) is 0 Å². The second-order valence-corrected chi connectivity index (χ2v) is 12.5. The smallest absolute Gasteiger partial charge is 0.136 e. The minimum absolute atomic E-state index is 0.911. The predicted octanol–water partition coefficient (Wildman–Crippen LogP) is 13.2. The highest BCUT2D eigenvalue weighted by atomic mass is 16.3. The summed E-state index contributed by atoms with van der Waals surface area (Å²) < 4.78 is 6.51. The summed E-state index contributed by atoms with van der Waals surface area (Å²) in [6, 6.07) is 61.6. The molecule has 1 nitrogen and oxygen atoms in total. The van der Waals surface area contributed by atoms with Crippen LogP contribution in [0.3, 0.4) is 0 Å². The van der Waals surface area contributed by atoms with Gasteiger partial charge in [0.2, 0.25) is 0 Å². The molecule has 0 spiro atoms. The monoisotopic (exact) mass is 596 g/mol. The van der Waals surface area contributed by atoms with Crippen molar-refractivity contribution in [3.8, 4) is 33.4 Å². The van der Waals surface area contributed by atoms with Gasteiger partial charge in [-0.25, -0.2) is 0 Å². The fourth-order valence-electron chi connectivity index (χ4n) is 7.57. The van der Waals surface area contributed by atoms with Gasteiger partial charge in [0.15, 0.2) is 0 Å². The molecule has 0 saturated carbocycles. The molecule has 218 valence electrons. The predicted molar refractivity (Wildman–Crippen MR) is 200 cm³/mol. The number of benzene rings is 9. The Morgan fingerprint density at radius 3 is 1.38 bits per heavy atom.